The molecule has 0 aromatic heterocycles. The molecule has 0 atom stereocenters. The first-order chi connectivity index (χ1) is 12.5. The lowest BCUT2D eigenvalue weighted by Crippen LogP contribution is -2.31. The fourth-order valence-corrected chi connectivity index (χ4v) is 2.73. The molecule has 26 heavy (non-hydrogen) atoms. The van der Waals surface area contributed by atoms with Crippen LogP contribution in [0.4, 0.5) is 0 Å². The van der Waals surface area contributed by atoms with Crippen LogP contribution in [0.5, 0.6) is 0 Å². The van der Waals surface area contributed by atoms with Crippen LogP contribution in [0.2, 0.25) is 0 Å². The summed E-state index contributed by atoms with van der Waals surface area (Å²) in [6.07, 6.45) is 0.541. The van der Waals surface area contributed by atoms with Gasteiger partial charge in [0.2, 0.25) is 0 Å². The molecule has 1 aliphatic heterocycles. The van der Waals surface area contributed by atoms with Gasteiger partial charge in [0.1, 0.15) is 0 Å². The summed E-state index contributed by atoms with van der Waals surface area (Å²) in [5, 5.41) is 0. The molecule has 0 aliphatic carbocycles. The smallest absolute Gasteiger partial charge is 0.338 e. The molecule has 2 N–H and O–H groups in total. The highest BCUT2D eigenvalue weighted by atomic mass is 16.5. The van der Waals surface area contributed by atoms with Gasteiger partial charge in [0.05, 0.1) is 16.7 Å². The van der Waals surface area contributed by atoms with E-state index in [4.69, 9.17) is 10.5 Å². The van der Waals surface area contributed by atoms with E-state index in [2.05, 4.69) is 0 Å². The van der Waals surface area contributed by atoms with Gasteiger partial charge in [-0.15, -0.1) is 0 Å². The molecule has 1 aliphatic rings. The fourth-order valence-electron chi connectivity index (χ4n) is 2.73. The standard InChI is InChI=1S/C19H16N2O5/c20-16(22)11-26-19(25)13-6-7-14-15(10-13)18(24)21(17(14)23)9-8-12-4-2-1-3-5-12/h1-7,10H,8-9,11H2,(H2,20,22). The number of carbonyl (C=O) groups excluding carboxylic acids is 4. The summed E-state index contributed by atoms with van der Waals surface area (Å²) in [6, 6.07) is 13.6. The van der Waals surface area contributed by atoms with Crippen molar-refractivity contribution in [1.82, 2.24) is 4.90 Å². The third-order valence-corrected chi connectivity index (χ3v) is 4.02. The van der Waals surface area contributed by atoms with E-state index in [1.165, 1.54) is 18.2 Å². The second-order valence-corrected chi connectivity index (χ2v) is 5.80. The Balaban J connectivity index is 1.75. The molecule has 2 aromatic carbocycles. The minimum Gasteiger partial charge on any atom is -0.452 e. The average Bonchev–Trinajstić information content (AvgIpc) is 2.89. The monoisotopic (exact) mass is 352 g/mol. The van der Waals surface area contributed by atoms with Crippen molar-refractivity contribution < 1.29 is 23.9 Å². The maximum absolute atomic E-state index is 12.5. The Hall–Kier alpha value is -3.48. The van der Waals surface area contributed by atoms with E-state index in [0.29, 0.717) is 6.42 Å². The first-order valence-corrected chi connectivity index (χ1v) is 7.97. The number of nitrogens with two attached hydrogens (primary N) is 1. The van der Waals surface area contributed by atoms with E-state index < -0.39 is 30.3 Å². The van der Waals surface area contributed by atoms with Crippen molar-refractivity contribution in [3.63, 3.8) is 0 Å². The van der Waals surface area contributed by atoms with E-state index in [-0.39, 0.29) is 23.2 Å². The summed E-state index contributed by atoms with van der Waals surface area (Å²) < 4.78 is 4.72. The number of esters is 1. The van der Waals surface area contributed by atoms with Crippen LogP contribution >= 0.6 is 0 Å². The average molecular weight is 352 g/mol. The molecule has 1 heterocycles. The molecule has 7 heteroatoms. The summed E-state index contributed by atoms with van der Waals surface area (Å²) in [5.41, 5.74) is 6.42. The minimum absolute atomic E-state index is 0.0797. The SMILES string of the molecule is NC(=O)COC(=O)c1ccc2c(c1)C(=O)N(CCc1ccccc1)C2=O. The highest BCUT2D eigenvalue weighted by Crippen LogP contribution is 2.24. The number of hydrogen-bond acceptors (Lipinski definition) is 5. The fraction of sp³-hybridized carbons (Fsp3) is 0.158. The normalized spacial score (nSPS) is 12.8. The summed E-state index contributed by atoms with van der Waals surface area (Å²) in [5.74, 6) is -2.41. The van der Waals surface area contributed by atoms with Gasteiger partial charge < -0.3 is 10.5 Å². The summed E-state index contributed by atoms with van der Waals surface area (Å²) >= 11 is 0. The third kappa shape index (κ3) is 3.46. The maximum atomic E-state index is 12.5. The lowest BCUT2D eigenvalue weighted by molar-refractivity contribution is -0.121. The lowest BCUT2D eigenvalue weighted by atomic mass is 10.1. The molecule has 0 radical (unpaired) electrons. The number of carbonyl (C=O) groups is 4. The summed E-state index contributed by atoms with van der Waals surface area (Å²) in [7, 11) is 0. The molecule has 0 fully saturated rings. The van der Waals surface area contributed by atoms with Gasteiger partial charge in [0.15, 0.2) is 6.61 Å². The highest BCUT2D eigenvalue weighted by molar-refractivity contribution is 6.22. The van der Waals surface area contributed by atoms with Crippen molar-refractivity contribution in [3.05, 3.63) is 70.8 Å². The number of rotatable bonds is 6. The summed E-state index contributed by atoms with van der Waals surface area (Å²) in [6.45, 7) is -0.302. The molecular weight excluding hydrogens is 336 g/mol. The van der Waals surface area contributed by atoms with E-state index in [9.17, 15) is 19.2 Å². The van der Waals surface area contributed by atoms with Gasteiger partial charge in [-0.2, -0.15) is 0 Å². The Kier molecular flexibility index (Phi) is 4.79. The molecular formula is C19H16N2O5. The number of benzene rings is 2. The van der Waals surface area contributed by atoms with Gasteiger partial charge in [0.25, 0.3) is 17.7 Å². The number of hydrogen-bond donors (Lipinski definition) is 1. The first kappa shape index (κ1) is 17.3. The molecule has 0 saturated heterocycles. The quantitative estimate of drug-likeness (QED) is 0.620. The molecule has 132 valence electrons. The van der Waals surface area contributed by atoms with Gasteiger partial charge in [-0.25, -0.2) is 4.79 Å². The molecule has 3 rings (SSSR count). The predicted molar refractivity (Wildman–Crippen MR) is 91.4 cm³/mol. The zero-order valence-electron chi connectivity index (χ0n) is 13.8. The predicted octanol–water partition coefficient (Wildman–Crippen LogP) is 1.17. The molecule has 0 saturated carbocycles. The second-order valence-electron chi connectivity index (χ2n) is 5.80. The number of ether oxygens (including phenoxy) is 1. The van der Waals surface area contributed by atoms with Crippen molar-refractivity contribution in [3.8, 4) is 0 Å². The number of fused-ring (bicyclic) bond motifs is 1. The lowest BCUT2D eigenvalue weighted by Gasteiger charge is -2.13. The van der Waals surface area contributed by atoms with Crippen LogP contribution in [0.1, 0.15) is 36.6 Å². The van der Waals surface area contributed by atoms with Crippen LogP contribution in [-0.4, -0.2) is 41.7 Å². The van der Waals surface area contributed by atoms with Crippen molar-refractivity contribution in [2.75, 3.05) is 13.2 Å². The summed E-state index contributed by atoms with van der Waals surface area (Å²) in [4.78, 5) is 48.7. The van der Waals surface area contributed by atoms with Crippen LogP contribution in [0.25, 0.3) is 0 Å². The first-order valence-electron chi connectivity index (χ1n) is 7.97. The third-order valence-electron chi connectivity index (χ3n) is 4.02. The van der Waals surface area contributed by atoms with Crippen LogP contribution in [-0.2, 0) is 16.0 Å². The maximum Gasteiger partial charge on any atom is 0.338 e. The number of primary amides is 1. The van der Waals surface area contributed by atoms with Crippen molar-refractivity contribution in [2.45, 2.75) is 6.42 Å². The van der Waals surface area contributed by atoms with E-state index >= 15 is 0 Å². The largest absolute Gasteiger partial charge is 0.452 e. The molecule has 0 spiro atoms. The Bertz CT molecular complexity index is 892. The van der Waals surface area contributed by atoms with Crippen molar-refractivity contribution in [2.24, 2.45) is 5.73 Å². The second kappa shape index (κ2) is 7.18. The highest BCUT2D eigenvalue weighted by Gasteiger charge is 2.35. The Morgan fingerprint density at radius 3 is 2.35 bits per heavy atom. The number of imide groups is 1. The minimum atomic E-state index is -0.783. The zero-order chi connectivity index (χ0) is 18.7. The Labute approximate surface area is 149 Å². The van der Waals surface area contributed by atoms with E-state index in [1.807, 2.05) is 30.3 Å². The topological polar surface area (TPSA) is 107 Å². The number of amides is 3. The number of nitrogens with zero attached hydrogens (tertiary/aromatic N) is 1. The van der Waals surface area contributed by atoms with Crippen LogP contribution in [0.15, 0.2) is 48.5 Å². The van der Waals surface area contributed by atoms with Crippen LogP contribution in [0.3, 0.4) is 0 Å². The molecule has 7 nitrogen and oxygen atoms in total. The zero-order valence-corrected chi connectivity index (χ0v) is 13.8. The molecule has 2 aromatic rings. The Morgan fingerprint density at radius 2 is 1.65 bits per heavy atom. The van der Waals surface area contributed by atoms with Gasteiger partial charge in [-0.1, -0.05) is 30.3 Å². The van der Waals surface area contributed by atoms with E-state index in [0.717, 1.165) is 10.5 Å². The molecule has 3 amide bonds. The van der Waals surface area contributed by atoms with Gasteiger partial charge in [0, 0.05) is 6.54 Å². The van der Waals surface area contributed by atoms with Gasteiger partial charge >= 0.3 is 5.97 Å². The van der Waals surface area contributed by atoms with Crippen molar-refractivity contribution in [1.29, 1.82) is 0 Å². The van der Waals surface area contributed by atoms with Crippen LogP contribution in [0, 0.1) is 0 Å². The van der Waals surface area contributed by atoms with Gasteiger partial charge in [-0.3, -0.25) is 19.3 Å². The van der Waals surface area contributed by atoms with Crippen molar-refractivity contribution >= 4 is 23.7 Å². The molecule has 0 unspecified atom stereocenters. The molecule has 0 bridgehead atoms. The van der Waals surface area contributed by atoms with Crippen LogP contribution < -0.4 is 5.73 Å². The van der Waals surface area contributed by atoms with E-state index in [1.54, 1.807) is 0 Å². The Morgan fingerprint density at radius 1 is 0.962 bits per heavy atom. The van der Waals surface area contributed by atoms with Gasteiger partial charge in [-0.05, 0) is 30.2 Å².